The number of nitrogen functional groups attached to an aromatic ring is 1. The number of anilines is 2. The number of methoxy groups -OCH3 is 1. The zero-order chi connectivity index (χ0) is 14.7. The molecule has 0 aliphatic rings. The molecule has 0 aliphatic heterocycles. The van der Waals surface area contributed by atoms with Crippen molar-refractivity contribution in [3.63, 3.8) is 0 Å². The summed E-state index contributed by atoms with van der Waals surface area (Å²) < 4.78 is 9.56. The molecule has 0 bridgehead atoms. The Morgan fingerprint density at radius 1 is 1.55 bits per heavy atom. The molecule has 0 radical (unpaired) electrons. The molecular formula is C12H13ClN4O3. The van der Waals surface area contributed by atoms with Gasteiger partial charge in [-0.2, -0.15) is 4.98 Å². The highest BCUT2D eigenvalue weighted by molar-refractivity contribution is 6.34. The van der Waals surface area contributed by atoms with Crippen LogP contribution in [-0.4, -0.2) is 23.2 Å². The van der Waals surface area contributed by atoms with Crippen molar-refractivity contribution in [2.45, 2.75) is 13.5 Å². The van der Waals surface area contributed by atoms with E-state index in [0.29, 0.717) is 28.1 Å². The van der Waals surface area contributed by atoms with Crippen molar-refractivity contribution >= 4 is 28.9 Å². The Bertz CT molecular complexity index is 642. The monoisotopic (exact) mass is 296 g/mol. The summed E-state index contributed by atoms with van der Waals surface area (Å²) in [5, 5.41) is 7.03. The first-order chi connectivity index (χ1) is 9.51. The van der Waals surface area contributed by atoms with Gasteiger partial charge in [0.05, 0.1) is 29.9 Å². The molecule has 1 heterocycles. The lowest BCUT2D eigenvalue weighted by atomic mass is 10.1. The first-order valence-electron chi connectivity index (χ1n) is 5.71. The van der Waals surface area contributed by atoms with Crippen molar-refractivity contribution in [2.24, 2.45) is 0 Å². The maximum absolute atomic E-state index is 11.7. The molecule has 0 atom stereocenters. The van der Waals surface area contributed by atoms with Gasteiger partial charge in [0.25, 0.3) is 0 Å². The molecule has 0 fully saturated rings. The normalized spacial score (nSPS) is 10.3. The number of esters is 1. The van der Waals surface area contributed by atoms with Crippen molar-refractivity contribution in [1.82, 2.24) is 10.1 Å². The Labute approximate surface area is 120 Å². The third-order valence-corrected chi connectivity index (χ3v) is 2.81. The van der Waals surface area contributed by atoms with E-state index < -0.39 is 5.97 Å². The second-order valence-corrected chi connectivity index (χ2v) is 4.41. The SMILES string of the molecule is COC(=O)c1cc(N)cc(Cl)c1NCc1noc(C)n1. The average Bonchev–Trinajstić information content (AvgIpc) is 2.81. The first kappa shape index (κ1) is 14.1. The van der Waals surface area contributed by atoms with Crippen LogP contribution in [0.2, 0.25) is 5.02 Å². The van der Waals surface area contributed by atoms with Crippen LogP contribution in [0, 0.1) is 6.92 Å². The Kier molecular flexibility index (Phi) is 4.09. The maximum atomic E-state index is 11.7. The van der Waals surface area contributed by atoms with Crippen LogP contribution in [-0.2, 0) is 11.3 Å². The van der Waals surface area contributed by atoms with E-state index in [-0.39, 0.29) is 12.1 Å². The number of hydrogen-bond acceptors (Lipinski definition) is 7. The van der Waals surface area contributed by atoms with Gasteiger partial charge in [0.15, 0.2) is 5.82 Å². The summed E-state index contributed by atoms with van der Waals surface area (Å²) in [5.41, 5.74) is 6.70. The van der Waals surface area contributed by atoms with Gasteiger partial charge in [-0.3, -0.25) is 0 Å². The van der Waals surface area contributed by atoms with E-state index in [1.807, 2.05) is 0 Å². The van der Waals surface area contributed by atoms with Gasteiger partial charge in [-0.1, -0.05) is 16.8 Å². The lowest BCUT2D eigenvalue weighted by Gasteiger charge is -2.12. The molecule has 106 valence electrons. The molecule has 2 aromatic rings. The van der Waals surface area contributed by atoms with Crippen LogP contribution in [0.3, 0.4) is 0 Å². The van der Waals surface area contributed by atoms with Gasteiger partial charge in [-0.05, 0) is 12.1 Å². The number of halogens is 1. The van der Waals surface area contributed by atoms with Crippen molar-refractivity contribution in [3.8, 4) is 0 Å². The van der Waals surface area contributed by atoms with E-state index in [4.69, 9.17) is 26.6 Å². The van der Waals surface area contributed by atoms with Crippen LogP contribution in [0.4, 0.5) is 11.4 Å². The number of hydrogen-bond donors (Lipinski definition) is 2. The lowest BCUT2D eigenvalue weighted by molar-refractivity contribution is 0.0602. The minimum atomic E-state index is -0.536. The molecule has 0 aliphatic carbocycles. The van der Waals surface area contributed by atoms with E-state index in [1.54, 1.807) is 6.92 Å². The zero-order valence-electron chi connectivity index (χ0n) is 10.9. The predicted molar refractivity (Wildman–Crippen MR) is 73.6 cm³/mol. The molecule has 0 saturated heterocycles. The van der Waals surface area contributed by atoms with Gasteiger partial charge in [0.1, 0.15) is 0 Å². The third-order valence-electron chi connectivity index (χ3n) is 2.51. The number of benzene rings is 1. The summed E-state index contributed by atoms with van der Waals surface area (Å²) in [6.07, 6.45) is 0. The Balaban J connectivity index is 2.27. The Morgan fingerprint density at radius 2 is 2.30 bits per heavy atom. The zero-order valence-corrected chi connectivity index (χ0v) is 11.7. The number of rotatable bonds is 4. The summed E-state index contributed by atoms with van der Waals surface area (Å²) >= 11 is 6.09. The number of nitrogens with one attached hydrogen (secondary N) is 1. The maximum Gasteiger partial charge on any atom is 0.340 e. The fourth-order valence-electron chi connectivity index (χ4n) is 1.66. The third kappa shape index (κ3) is 3.00. The van der Waals surface area contributed by atoms with Gasteiger partial charge in [0, 0.05) is 12.6 Å². The van der Waals surface area contributed by atoms with E-state index in [9.17, 15) is 4.79 Å². The number of carbonyl (C=O) groups excluding carboxylic acids is 1. The molecule has 2 rings (SSSR count). The Hall–Kier alpha value is -2.28. The first-order valence-corrected chi connectivity index (χ1v) is 6.09. The number of aryl methyl sites for hydroxylation is 1. The number of nitrogens with zero attached hydrogens (tertiary/aromatic N) is 2. The quantitative estimate of drug-likeness (QED) is 0.657. The topological polar surface area (TPSA) is 103 Å². The fourth-order valence-corrected chi connectivity index (χ4v) is 1.95. The number of nitrogens with two attached hydrogens (primary N) is 1. The second-order valence-electron chi connectivity index (χ2n) is 4.00. The molecule has 3 N–H and O–H groups in total. The van der Waals surface area contributed by atoms with Crippen LogP contribution in [0.15, 0.2) is 16.7 Å². The highest BCUT2D eigenvalue weighted by Crippen LogP contribution is 2.30. The van der Waals surface area contributed by atoms with E-state index in [1.165, 1.54) is 19.2 Å². The minimum Gasteiger partial charge on any atom is -0.465 e. The van der Waals surface area contributed by atoms with E-state index >= 15 is 0 Å². The molecule has 8 heteroatoms. The molecule has 7 nitrogen and oxygen atoms in total. The van der Waals surface area contributed by atoms with Crippen LogP contribution < -0.4 is 11.1 Å². The molecular weight excluding hydrogens is 284 g/mol. The van der Waals surface area contributed by atoms with Crippen LogP contribution in [0.25, 0.3) is 0 Å². The van der Waals surface area contributed by atoms with Gasteiger partial charge in [0.2, 0.25) is 5.89 Å². The van der Waals surface area contributed by atoms with Crippen molar-refractivity contribution in [2.75, 3.05) is 18.2 Å². The molecule has 0 spiro atoms. The summed E-state index contributed by atoms with van der Waals surface area (Å²) in [4.78, 5) is 15.8. The smallest absolute Gasteiger partial charge is 0.340 e. The Morgan fingerprint density at radius 3 is 2.90 bits per heavy atom. The van der Waals surface area contributed by atoms with Crippen molar-refractivity contribution in [1.29, 1.82) is 0 Å². The van der Waals surface area contributed by atoms with Crippen LogP contribution >= 0.6 is 11.6 Å². The molecule has 0 amide bonds. The van der Waals surface area contributed by atoms with Gasteiger partial charge in [-0.25, -0.2) is 4.79 Å². The van der Waals surface area contributed by atoms with Crippen molar-refractivity contribution < 1.29 is 14.1 Å². The summed E-state index contributed by atoms with van der Waals surface area (Å²) in [7, 11) is 1.28. The summed E-state index contributed by atoms with van der Waals surface area (Å²) in [5.74, 6) is 0.371. The molecule has 1 aromatic heterocycles. The molecule has 20 heavy (non-hydrogen) atoms. The highest BCUT2D eigenvalue weighted by Gasteiger charge is 2.16. The van der Waals surface area contributed by atoms with Gasteiger partial charge < -0.3 is 20.3 Å². The van der Waals surface area contributed by atoms with Gasteiger partial charge >= 0.3 is 5.97 Å². The fraction of sp³-hybridized carbons (Fsp3) is 0.250. The summed E-state index contributed by atoms with van der Waals surface area (Å²) in [6, 6.07) is 3.03. The summed E-state index contributed by atoms with van der Waals surface area (Å²) in [6.45, 7) is 1.94. The standard InChI is InChI=1S/C12H13ClN4O3/c1-6-16-10(17-20-6)5-15-11-8(12(18)19-2)3-7(14)4-9(11)13/h3-4,15H,5,14H2,1-2H3. The van der Waals surface area contributed by atoms with Crippen LogP contribution in [0.5, 0.6) is 0 Å². The molecule has 1 aromatic carbocycles. The number of ether oxygens (including phenoxy) is 1. The average molecular weight is 297 g/mol. The predicted octanol–water partition coefficient (Wildman–Crippen LogP) is 2.01. The lowest BCUT2D eigenvalue weighted by Crippen LogP contribution is -2.10. The largest absolute Gasteiger partial charge is 0.465 e. The van der Waals surface area contributed by atoms with Gasteiger partial charge in [-0.15, -0.1) is 0 Å². The van der Waals surface area contributed by atoms with E-state index in [2.05, 4.69) is 15.5 Å². The minimum absolute atomic E-state index is 0.248. The molecule has 0 saturated carbocycles. The highest BCUT2D eigenvalue weighted by atomic mass is 35.5. The second kappa shape index (κ2) is 5.79. The number of aromatic nitrogens is 2. The number of carbonyl (C=O) groups is 1. The van der Waals surface area contributed by atoms with Crippen LogP contribution in [0.1, 0.15) is 22.1 Å². The van der Waals surface area contributed by atoms with E-state index in [0.717, 1.165) is 0 Å². The molecule has 0 unspecified atom stereocenters. The van der Waals surface area contributed by atoms with Crippen molar-refractivity contribution in [3.05, 3.63) is 34.4 Å².